The molecule has 0 amide bonds. The van der Waals surface area contributed by atoms with Crippen LogP contribution in [-0.2, 0) is 17.8 Å². The maximum absolute atomic E-state index is 11.6. The van der Waals surface area contributed by atoms with Gasteiger partial charge in [0.2, 0.25) is 0 Å². The predicted octanol–water partition coefficient (Wildman–Crippen LogP) is 1.12. The molecule has 0 unspecified atom stereocenters. The normalized spacial score (nSPS) is 16.5. The molecule has 1 saturated heterocycles. The number of methoxy groups -OCH3 is 1. The van der Waals surface area contributed by atoms with Gasteiger partial charge < -0.3 is 9.15 Å². The van der Waals surface area contributed by atoms with Crippen LogP contribution in [0.3, 0.4) is 0 Å². The van der Waals surface area contributed by atoms with Crippen molar-refractivity contribution >= 4 is 5.97 Å². The van der Waals surface area contributed by atoms with Crippen molar-refractivity contribution in [3.63, 3.8) is 0 Å². The number of aromatic nitrogens is 3. The molecule has 3 rings (SSSR count). The first kappa shape index (κ1) is 16.7. The summed E-state index contributed by atoms with van der Waals surface area (Å²) in [5.74, 6) is 2.74. The molecule has 0 atom stereocenters. The van der Waals surface area contributed by atoms with Crippen LogP contribution in [0.15, 0.2) is 10.5 Å². The van der Waals surface area contributed by atoms with Gasteiger partial charge >= 0.3 is 5.97 Å². The second-order valence-electron chi connectivity index (χ2n) is 6.06. The van der Waals surface area contributed by atoms with Crippen molar-refractivity contribution in [2.45, 2.75) is 26.9 Å². The Hall–Kier alpha value is -2.19. The molecular weight excluding hydrogens is 310 g/mol. The van der Waals surface area contributed by atoms with Crippen LogP contribution in [0.25, 0.3) is 0 Å². The molecular formula is C16H23N5O3. The lowest BCUT2D eigenvalue weighted by molar-refractivity contribution is 0.0599. The summed E-state index contributed by atoms with van der Waals surface area (Å²) in [5.41, 5.74) is 0.506. The second kappa shape index (κ2) is 7.14. The molecule has 2 aromatic heterocycles. The van der Waals surface area contributed by atoms with Gasteiger partial charge in [0.25, 0.3) is 0 Å². The summed E-state index contributed by atoms with van der Waals surface area (Å²) in [6.07, 6.45) is 0. The van der Waals surface area contributed by atoms with Crippen molar-refractivity contribution in [2.24, 2.45) is 0 Å². The van der Waals surface area contributed by atoms with E-state index in [0.29, 0.717) is 17.9 Å². The van der Waals surface area contributed by atoms with Gasteiger partial charge in [0, 0.05) is 26.2 Å². The topological polar surface area (TPSA) is 87.5 Å². The molecule has 1 fully saturated rings. The van der Waals surface area contributed by atoms with Crippen molar-refractivity contribution < 1.29 is 13.9 Å². The summed E-state index contributed by atoms with van der Waals surface area (Å²) in [5, 5.41) is 7.06. The van der Waals surface area contributed by atoms with Gasteiger partial charge in [0.1, 0.15) is 22.9 Å². The minimum absolute atomic E-state index is 0.353. The highest BCUT2D eigenvalue weighted by molar-refractivity contribution is 5.90. The van der Waals surface area contributed by atoms with Crippen LogP contribution in [-0.4, -0.2) is 64.2 Å². The average Bonchev–Trinajstić information content (AvgIpc) is 3.14. The van der Waals surface area contributed by atoms with Crippen LogP contribution >= 0.6 is 0 Å². The lowest BCUT2D eigenvalue weighted by atomic mass is 10.2. The fourth-order valence-corrected chi connectivity index (χ4v) is 2.92. The Bertz CT molecular complexity index is 700. The van der Waals surface area contributed by atoms with Gasteiger partial charge in [-0.25, -0.2) is 9.78 Å². The summed E-state index contributed by atoms with van der Waals surface area (Å²) < 4.78 is 10.4. The maximum atomic E-state index is 11.6. The number of carbonyl (C=O) groups excluding carboxylic acids is 1. The highest BCUT2D eigenvalue weighted by atomic mass is 16.5. The number of nitrogens with zero attached hydrogens (tertiary/aromatic N) is 4. The van der Waals surface area contributed by atoms with Gasteiger partial charge in [-0.3, -0.25) is 14.9 Å². The third-order valence-electron chi connectivity index (χ3n) is 4.23. The summed E-state index contributed by atoms with van der Waals surface area (Å²) in [7, 11) is 1.38. The lowest BCUT2D eigenvalue weighted by Gasteiger charge is -2.33. The number of ether oxygens (including phenoxy) is 1. The van der Waals surface area contributed by atoms with Crippen molar-refractivity contribution in [2.75, 3.05) is 33.3 Å². The van der Waals surface area contributed by atoms with Gasteiger partial charge in [-0.05, 0) is 19.9 Å². The molecule has 0 radical (unpaired) electrons. The number of rotatable bonds is 5. The molecule has 1 N–H and O–H groups in total. The molecule has 0 aliphatic carbocycles. The molecule has 2 aromatic rings. The predicted molar refractivity (Wildman–Crippen MR) is 86.5 cm³/mol. The lowest BCUT2D eigenvalue weighted by Crippen LogP contribution is -2.45. The summed E-state index contributed by atoms with van der Waals surface area (Å²) in [6.45, 7) is 8.95. The number of hydrogen-bond acceptors (Lipinski definition) is 7. The third kappa shape index (κ3) is 3.82. The first-order valence-electron chi connectivity index (χ1n) is 8.05. The monoisotopic (exact) mass is 333 g/mol. The molecule has 1 aliphatic rings. The molecule has 8 heteroatoms. The van der Waals surface area contributed by atoms with E-state index in [1.807, 2.05) is 6.92 Å². The number of nitrogens with one attached hydrogen (secondary N) is 1. The van der Waals surface area contributed by atoms with E-state index in [9.17, 15) is 4.79 Å². The van der Waals surface area contributed by atoms with Crippen LogP contribution in [0.2, 0.25) is 0 Å². The van der Waals surface area contributed by atoms with Crippen LogP contribution < -0.4 is 0 Å². The average molecular weight is 333 g/mol. The molecule has 0 saturated carbocycles. The number of hydrogen-bond donors (Lipinski definition) is 1. The molecule has 8 nitrogen and oxygen atoms in total. The fourth-order valence-electron chi connectivity index (χ4n) is 2.92. The number of furan rings is 1. The zero-order valence-corrected chi connectivity index (χ0v) is 14.3. The van der Waals surface area contributed by atoms with Crippen LogP contribution in [0.4, 0.5) is 0 Å². The van der Waals surface area contributed by atoms with Gasteiger partial charge in [0.05, 0.1) is 20.2 Å². The Labute approximate surface area is 140 Å². The maximum Gasteiger partial charge on any atom is 0.341 e. The highest BCUT2D eigenvalue weighted by Gasteiger charge is 2.21. The Morgan fingerprint density at radius 2 is 1.92 bits per heavy atom. The van der Waals surface area contributed by atoms with Crippen LogP contribution in [0, 0.1) is 13.8 Å². The summed E-state index contributed by atoms with van der Waals surface area (Å²) >= 11 is 0. The SMILES string of the molecule is COC(=O)c1cc(CN2CCN(Cc3n[nH]c(C)n3)CC2)oc1C. The van der Waals surface area contributed by atoms with E-state index >= 15 is 0 Å². The van der Waals surface area contributed by atoms with E-state index < -0.39 is 0 Å². The van der Waals surface area contributed by atoms with Gasteiger partial charge in [0.15, 0.2) is 5.82 Å². The minimum atomic E-state index is -0.353. The minimum Gasteiger partial charge on any atom is -0.465 e. The van der Waals surface area contributed by atoms with Gasteiger partial charge in [-0.2, -0.15) is 5.10 Å². The molecule has 1 aliphatic heterocycles. The highest BCUT2D eigenvalue weighted by Crippen LogP contribution is 2.18. The van der Waals surface area contributed by atoms with E-state index in [-0.39, 0.29) is 5.97 Å². The van der Waals surface area contributed by atoms with E-state index in [1.165, 1.54) is 7.11 Å². The quantitative estimate of drug-likeness (QED) is 0.820. The number of esters is 1. The largest absolute Gasteiger partial charge is 0.465 e. The Morgan fingerprint density at radius 3 is 2.50 bits per heavy atom. The van der Waals surface area contributed by atoms with Crippen LogP contribution in [0.5, 0.6) is 0 Å². The molecule has 24 heavy (non-hydrogen) atoms. The summed E-state index contributed by atoms with van der Waals surface area (Å²) in [4.78, 5) is 20.6. The van der Waals surface area contributed by atoms with Gasteiger partial charge in [-0.1, -0.05) is 0 Å². The zero-order chi connectivity index (χ0) is 17.1. The first-order valence-corrected chi connectivity index (χ1v) is 8.05. The fraction of sp³-hybridized carbons (Fsp3) is 0.562. The smallest absolute Gasteiger partial charge is 0.341 e. The van der Waals surface area contributed by atoms with Crippen molar-refractivity contribution in [3.05, 3.63) is 34.8 Å². The third-order valence-corrected chi connectivity index (χ3v) is 4.23. The Balaban J connectivity index is 1.51. The number of H-pyrrole nitrogens is 1. The van der Waals surface area contributed by atoms with Gasteiger partial charge in [-0.15, -0.1) is 0 Å². The molecule has 0 aromatic carbocycles. The Kier molecular flexibility index (Phi) is 4.96. The molecule has 0 spiro atoms. The number of aryl methyl sites for hydroxylation is 2. The van der Waals surface area contributed by atoms with E-state index in [1.54, 1.807) is 13.0 Å². The van der Waals surface area contributed by atoms with E-state index in [2.05, 4.69) is 25.0 Å². The Morgan fingerprint density at radius 1 is 1.25 bits per heavy atom. The zero-order valence-electron chi connectivity index (χ0n) is 14.3. The van der Waals surface area contributed by atoms with Crippen molar-refractivity contribution in [3.8, 4) is 0 Å². The van der Waals surface area contributed by atoms with Crippen LogP contribution in [0.1, 0.15) is 33.5 Å². The summed E-state index contributed by atoms with van der Waals surface area (Å²) in [6, 6.07) is 1.78. The van der Waals surface area contributed by atoms with Crippen molar-refractivity contribution in [1.82, 2.24) is 25.0 Å². The van der Waals surface area contributed by atoms with E-state index in [4.69, 9.17) is 9.15 Å². The number of aromatic amines is 1. The number of carbonyl (C=O) groups is 1. The number of piperazine rings is 1. The second-order valence-corrected chi connectivity index (χ2v) is 6.06. The first-order chi connectivity index (χ1) is 11.5. The molecule has 130 valence electrons. The standard InChI is InChI=1S/C16H23N5O3/c1-11-14(16(22)23-3)8-13(24-11)9-20-4-6-21(7-5-20)10-15-17-12(2)18-19-15/h8H,4-7,9-10H2,1-3H3,(H,17,18,19). The van der Waals surface area contributed by atoms with E-state index in [0.717, 1.165) is 50.1 Å². The molecule has 0 bridgehead atoms. The van der Waals surface area contributed by atoms with Crippen molar-refractivity contribution in [1.29, 1.82) is 0 Å². The molecule has 3 heterocycles.